The third-order valence-electron chi connectivity index (χ3n) is 3.98. The molecular weight excluding hydrogens is 262 g/mol. The van der Waals surface area contributed by atoms with Gasteiger partial charge in [0.15, 0.2) is 0 Å². The Morgan fingerprint density at radius 3 is 2.90 bits per heavy atom. The number of fused-ring (bicyclic) bond motifs is 1. The van der Waals surface area contributed by atoms with Crippen molar-refractivity contribution in [2.75, 3.05) is 18.4 Å². The van der Waals surface area contributed by atoms with Crippen molar-refractivity contribution in [1.29, 1.82) is 0 Å². The van der Waals surface area contributed by atoms with Gasteiger partial charge in [-0.05, 0) is 37.3 Å². The van der Waals surface area contributed by atoms with Gasteiger partial charge in [0.25, 0.3) is 0 Å². The van der Waals surface area contributed by atoms with Crippen molar-refractivity contribution in [3.05, 3.63) is 42.5 Å². The van der Waals surface area contributed by atoms with E-state index in [2.05, 4.69) is 16.0 Å². The zero-order valence-corrected chi connectivity index (χ0v) is 12.1. The van der Waals surface area contributed by atoms with Gasteiger partial charge in [0.05, 0.1) is 5.69 Å². The predicted octanol–water partition coefficient (Wildman–Crippen LogP) is 3.10. The van der Waals surface area contributed by atoms with E-state index in [1.807, 2.05) is 42.5 Å². The van der Waals surface area contributed by atoms with Crippen LogP contribution in [0.1, 0.15) is 19.3 Å². The lowest BCUT2D eigenvalue weighted by molar-refractivity contribution is 0.251. The second kappa shape index (κ2) is 6.59. The standard InChI is InChI=1S/C17H21N3O/c21-17(19-12-10-14-7-4-11-18-14)20-16-9-3-6-13-5-1-2-8-15(13)16/h1-3,5-6,8-9,14,18H,4,7,10-12H2,(H2,19,20,21)/t14-/m1/s1. The monoisotopic (exact) mass is 283 g/mol. The summed E-state index contributed by atoms with van der Waals surface area (Å²) >= 11 is 0. The van der Waals surface area contributed by atoms with Gasteiger partial charge in [-0.25, -0.2) is 4.79 Å². The third kappa shape index (κ3) is 3.52. The fourth-order valence-electron chi connectivity index (χ4n) is 2.86. The number of amides is 2. The quantitative estimate of drug-likeness (QED) is 0.807. The molecule has 0 unspecified atom stereocenters. The number of urea groups is 1. The predicted molar refractivity (Wildman–Crippen MR) is 86.6 cm³/mol. The number of nitrogens with one attached hydrogen (secondary N) is 3. The third-order valence-corrected chi connectivity index (χ3v) is 3.98. The first-order valence-electron chi connectivity index (χ1n) is 7.59. The molecule has 0 spiro atoms. The fourth-order valence-corrected chi connectivity index (χ4v) is 2.86. The number of hydrogen-bond acceptors (Lipinski definition) is 2. The second-order valence-corrected chi connectivity index (χ2v) is 5.49. The van der Waals surface area contributed by atoms with E-state index in [1.54, 1.807) is 0 Å². The van der Waals surface area contributed by atoms with Gasteiger partial charge in [0.2, 0.25) is 0 Å². The summed E-state index contributed by atoms with van der Waals surface area (Å²) in [4.78, 5) is 12.0. The molecule has 2 aromatic carbocycles. The van der Waals surface area contributed by atoms with E-state index in [1.165, 1.54) is 12.8 Å². The molecule has 0 radical (unpaired) electrons. The van der Waals surface area contributed by atoms with E-state index in [0.29, 0.717) is 12.6 Å². The molecule has 3 rings (SSSR count). The molecule has 1 fully saturated rings. The molecule has 1 aliphatic heterocycles. The fraction of sp³-hybridized carbons (Fsp3) is 0.353. The maximum absolute atomic E-state index is 12.0. The molecule has 1 aliphatic rings. The van der Waals surface area contributed by atoms with Crippen molar-refractivity contribution in [3.8, 4) is 0 Å². The Hall–Kier alpha value is -2.07. The average molecular weight is 283 g/mol. The summed E-state index contributed by atoms with van der Waals surface area (Å²) in [5.41, 5.74) is 0.851. The molecule has 1 saturated heterocycles. The molecule has 1 heterocycles. The van der Waals surface area contributed by atoms with Crippen LogP contribution in [0.4, 0.5) is 10.5 Å². The topological polar surface area (TPSA) is 53.2 Å². The molecule has 4 nitrogen and oxygen atoms in total. The lowest BCUT2D eigenvalue weighted by Crippen LogP contribution is -2.33. The van der Waals surface area contributed by atoms with Crippen molar-refractivity contribution in [3.63, 3.8) is 0 Å². The first-order valence-corrected chi connectivity index (χ1v) is 7.59. The number of carbonyl (C=O) groups excluding carboxylic acids is 1. The summed E-state index contributed by atoms with van der Waals surface area (Å²) in [5.74, 6) is 0. The highest BCUT2D eigenvalue weighted by Gasteiger charge is 2.13. The van der Waals surface area contributed by atoms with Gasteiger partial charge in [-0.1, -0.05) is 36.4 Å². The minimum absolute atomic E-state index is 0.135. The van der Waals surface area contributed by atoms with Gasteiger partial charge in [0.1, 0.15) is 0 Å². The maximum Gasteiger partial charge on any atom is 0.319 e. The van der Waals surface area contributed by atoms with Crippen LogP contribution in [0.3, 0.4) is 0 Å². The molecule has 1 atom stereocenters. The number of hydrogen-bond donors (Lipinski definition) is 3. The Kier molecular flexibility index (Phi) is 4.36. The average Bonchev–Trinajstić information content (AvgIpc) is 3.01. The smallest absolute Gasteiger partial charge is 0.319 e. The van der Waals surface area contributed by atoms with Crippen molar-refractivity contribution >= 4 is 22.5 Å². The number of carbonyl (C=O) groups is 1. The van der Waals surface area contributed by atoms with Crippen molar-refractivity contribution in [2.24, 2.45) is 0 Å². The van der Waals surface area contributed by atoms with Gasteiger partial charge in [0, 0.05) is 18.0 Å². The van der Waals surface area contributed by atoms with Crippen LogP contribution in [0.25, 0.3) is 10.8 Å². The Labute approximate surface area is 124 Å². The van der Waals surface area contributed by atoms with Gasteiger partial charge in [-0.15, -0.1) is 0 Å². The number of benzene rings is 2. The highest BCUT2D eigenvalue weighted by molar-refractivity contribution is 6.01. The lowest BCUT2D eigenvalue weighted by Gasteiger charge is -2.12. The highest BCUT2D eigenvalue weighted by Crippen LogP contribution is 2.22. The maximum atomic E-state index is 12.0. The molecule has 110 valence electrons. The largest absolute Gasteiger partial charge is 0.338 e. The zero-order valence-electron chi connectivity index (χ0n) is 12.1. The Bertz CT molecular complexity index is 615. The van der Waals surface area contributed by atoms with E-state index >= 15 is 0 Å². The van der Waals surface area contributed by atoms with Crippen LogP contribution in [-0.2, 0) is 0 Å². The van der Waals surface area contributed by atoms with Crippen molar-refractivity contribution < 1.29 is 4.79 Å². The molecule has 0 saturated carbocycles. The van der Waals surface area contributed by atoms with Crippen molar-refractivity contribution in [1.82, 2.24) is 10.6 Å². The summed E-state index contributed by atoms with van der Waals surface area (Å²) in [7, 11) is 0. The normalized spacial score (nSPS) is 17.8. The van der Waals surface area contributed by atoms with Crippen LogP contribution in [0.15, 0.2) is 42.5 Å². The Morgan fingerprint density at radius 2 is 2.05 bits per heavy atom. The molecular formula is C17H21N3O. The molecule has 3 N–H and O–H groups in total. The van der Waals surface area contributed by atoms with E-state index in [4.69, 9.17) is 0 Å². The van der Waals surface area contributed by atoms with Crippen LogP contribution in [0, 0.1) is 0 Å². The van der Waals surface area contributed by atoms with Gasteiger partial charge in [-0.2, -0.15) is 0 Å². The molecule has 2 aromatic rings. The summed E-state index contributed by atoms with van der Waals surface area (Å²) in [6.45, 7) is 1.81. The van der Waals surface area contributed by atoms with E-state index in [-0.39, 0.29) is 6.03 Å². The molecule has 0 aliphatic carbocycles. The molecule has 4 heteroatoms. The summed E-state index contributed by atoms with van der Waals surface area (Å²) in [6, 6.07) is 14.4. The van der Waals surface area contributed by atoms with Crippen LogP contribution < -0.4 is 16.0 Å². The Morgan fingerprint density at radius 1 is 1.19 bits per heavy atom. The minimum atomic E-state index is -0.135. The van der Waals surface area contributed by atoms with Gasteiger partial charge < -0.3 is 16.0 Å². The number of anilines is 1. The van der Waals surface area contributed by atoms with Crippen LogP contribution in [0.5, 0.6) is 0 Å². The summed E-state index contributed by atoms with van der Waals surface area (Å²) < 4.78 is 0. The minimum Gasteiger partial charge on any atom is -0.338 e. The Balaban J connectivity index is 1.56. The summed E-state index contributed by atoms with van der Waals surface area (Å²) in [6.07, 6.45) is 3.45. The van der Waals surface area contributed by atoms with E-state index in [9.17, 15) is 4.79 Å². The SMILES string of the molecule is O=C(NCC[C@H]1CCCN1)Nc1cccc2ccccc12. The van der Waals surface area contributed by atoms with Crippen molar-refractivity contribution in [2.45, 2.75) is 25.3 Å². The molecule has 21 heavy (non-hydrogen) atoms. The molecule has 0 bridgehead atoms. The first-order chi connectivity index (χ1) is 10.3. The highest BCUT2D eigenvalue weighted by atomic mass is 16.2. The number of rotatable bonds is 4. The lowest BCUT2D eigenvalue weighted by atomic mass is 10.1. The zero-order chi connectivity index (χ0) is 14.5. The van der Waals surface area contributed by atoms with Gasteiger partial charge >= 0.3 is 6.03 Å². The molecule has 0 aromatic heterocycles. The summed E-state index contributed by atoms with van der Waals surface area (Å²) in [5, 5.41) is 11.5. The first kappa shape index (κ1) is 13.9. The molecule has 2 amide bonds. The van der Waals surface area contributed by atoms with E-state index < -0.39 is 0 Å². The van der Waals surface area contributed by atoms with Crippen LogP contribution in [-0.4, -0.2) is 25.2 Å². The van der Waals surface area contributed by atoms with Gasteiger partial charge in [-0.3, -0.25) is 0 Å². The van der Waals surface area contributed by atoms with Crippen LogP contribution in [0.2, 0.25) is 0 Å². The second-order valence-electron chi connectivity index (χ2n) is 5.49. The van der Waals surface area contributed by atoms with E-state index in [0.717, 1.165) is 29.4 Å². The van der Waals surface area contributed by atoms with Crippen LogP contribution >= 0.6 is 0 Å².